The van der Waals surface area contributed by atoms with Crippen LogP contribution in [0.5, 0.6) is 5.75 Å². The van der Waals surface area contributed by atoms with Gasteiger partial charge in [0.05, 0.1) is 12.1 Å². The summed E-state index contributed by atoms with van der Waals surface area (Å²) in [6.45, 7) is 5.12. The van der Waals surface area contributed by atoms with Crippen LogP contribution in [0.25, 0.3) is 10.9 Å². The summed E-state index contributed by atoms with van der Waals surface area (Å²) < 4.78 is 5.62. The molecular formula is C20H22N4O. The number of ether oxygens (including phenoxy) is 1. The van der Waals surface area contributed by atoms with E-state index in [2.05, 4.69) is 34.0 Å². The third-order valence-electron chi connectivity index (χ3n) is 3.88. The Morgan fingerprint density at radius 3 is 2.76 bits per heavy atom. The summed E-state index contributed by atoms with van der Waals surface area (Å²) in [7, 11) is 0. The molecule has 5 heteroatoms. The van der Waals surface area contributed by atoms with Gasteiger partial charge in [0.25, 0.3) is 0 Å². The minimum atomic E-state index is 0.661. The second-order valence-electron chi connectivity index (χ2n) is 5.75. The normalized spacial score (nSPS) is 10.6. The Morgan fingerprint density at radius 2 is 1.96 bits per heavy atom. The summed E-state index contributed by atoms with van der Waals surface area (Å²) in [5, 5.41) is 4.31. The maximum Gasteiger partial charge on any atom is 0.137 e. The number of aromatic nitrogens is 2. The predicted octanol–water partition coefficient (Wildman–Crippen LogP) is 3.82. The summed E-state index contributed by atoms with van der Waals surface area (Å²) >= 11 is 0. The molecule has 25 heavy (non-hydrogen) atoms. The lowest BCUT2D eigenvalue weighted by Crippen LogP contribution is -2.07. The van der Waals surface area contributed by atoms with E-state index >= 15 is 0 Å². The van der Waals surface area contributed by atoms with Crippen LogP contribution < -0.4 is 15.8 Å². The summed E-state index contributed by atoms with van der Waals surface area (Å²) in [5.41, 5.74) is 8.70. The average molecular weight is 334 g/mol. The van der Waals surface area contributed by atoms with Crippen molar-refractivity contribution in [3.05, 3.63) is 67.0 Å². The van der Waals surface area contributed by atoms with Crippen LogP contribution in [0.4, 0.5) is 11.5 Å². The van der Waals surface area contributed by atoms with Crippen molar-refractivity contribution in [2.24, 2.45) is 0 Å². The molecule has 0 unspecified atom stereocenters. The van der Waals surface area contributed by atoms with Gasteiger partial charge in [-0.05, 0) is 48.7 Å². The van der Waals surface area contributed by atoms with Crippen molar-refractivity contribution < 1.29 is 4.74 Å². The Kier molecular flexibility index (Phi) is 5.46. The molecule has 0 saturated heterocycles. The number of hydrogen-bond acceptors (Lipinski definition) is 5. The van der Waals surface area contributed by atoms with E-state index in [1.807, 2.05) is 36.4 Å². The molecule has 0 spiro atoms. The fourth-order valence-electron chi connectivity index (χ4n) is 2.55. The molecule has 0 aliphatic carbocycles. The first-order valence-corrected chi connectivity index (χ1v) is 8.33. The molecule has 0 saturated carbocycles. The van der Waals surface area contributed by atoms with Gasteiger partial charge in [0.15, 0.2) is 0 Å². The van der Waals surface area contributed by atoms with Crippen LogP contribution in [0.1, 0.15) is 12.0 Å². The highest BCUT2D eigenvalue weighted by atomic mass is 16.5. The van der Waals surface area contributed by atoms with E-state index in [4.69, 9.17) is 10.5 Å². The van der Waals surface area contributed by atoms with Crippen LogP contribution in [0, 0.1) is 0 Å². The van der Waals surface area contributed by atoms with Gasteiger partial charge in [-0.3, -0.25) is 0 Å². The Bertz CT molecular complexity index is 846. The SMILES string of the molecule is C=CCCOc1ccc(CCNc2ncnc3ccc(N)cc23)cc1. The molecule has 0 bridgehead atoms. The first kappa shape index (κ1) is 16.8. The molecule has 2 aromatic carbocycles. The molecule has 0 aliphatic rings. The third-order valence-corrected chi connectivity index (χ3v) is 3.88. The van der Waals surface area contributed by atoms with Crippen molar-refractivity contribution in [1.82, 2.24) is 9.97 Å². The third kappa shape index (κ3) is 4.47. The lowest BCUT2D eigenvalue weighted by Gasteiger charge is -2.09. The van der Waals surface area contributed by atoms with Gasteiger partial charge in [-0.2, -0.15) is 0 Å². The number of nitrogens with zero attached hydrogens (tertiary/aromatic N) is 2. The van der Waals surface area contributed by atoms with Crippen LogP contribution in [0.2, 0.25) is 0 Å². The number of nitrogen functional groups attached to an aromatic ring is 1. The topological polar surface area (TPSA) is 73.1 Å². The van der Waals surface area contributed by atoms with Gasteiger partial charge in [-0.25, -0.2) is 9.97 Å². The second kappa shape index (κ2) is 8.15. The van der Waals surface area contributed by atoms with Gasteiger partial charge in [-0.1, -0.05) is 18.2 Å². The van der Waals surface area contributed by atoms with Gasteiger partial charge in [-0.15, -0.1) is 6.58 Å². The highest BCUT2D eigenvalue weighted by molar-refractivity contribution is 5.91. The van der Waals surface area contributed by atoms with Gasteiger partial charge >= 0.3 is 0 Å². The molecule has 3 aromatic rings. The van der Waals surface area contributed by atoms with Crippen molar-refractivity contribution in [2.45, 2.75) is 12.8 Å². The van der Waals surface area contributed by atoms with Gasteiger partial charge in [0.2, 0.25) is 0 Å². The summed E-state index contributed by atoms with van der Waals surface area (Å²) in [4.78, 5) is 8.59. The largest absolute Gasteiger partial charge is 0.493 e. The van der Waals surface area contributed by atoms with Crippen LogP contribution >= 0.6 is 0 Å². The fraction of sp³-hybridized carbons (Fsp3) is 0.200. The fourth-order valence-corrected chi connectivity index (χ4v) is 2.55. The summed E-state index contributed by atoms with van der Waals surface area (Å²) in [6, 6.07) is 13.8. The van der Waals surface area contributed by atoms with Gasteiger partial charge < -0.3 is 15.8 Å². The lowest BCUT2D eigenvalue weighted by atomic mass is 10.1. The predicted molar refractivity (Wildman–Crippen MR) is 103 cm³/mol. The average Bonchev–Trinajstić information content (AvgIpc) is 2.63. The number of fused-ring (bicyclic) bond motifs is 1. The highest BCUT2D eigenvalue weighted by Crippen LogP contribution is 2.21. The van der Waals surface area contributed by atoms with E-state index < -0.39 is 0 Å². The van der Waals surface area contributed by atoms with Crippen molar-refractivity contribution in [1.29, 1.82) is 0 Å². The molecular weight excluding hydrogens is 312 g/mol. The quantitative estimate of drug-likeness (QED) is 0.372. The molecule has 0 aliphatic heterocycles. The van der Waals surface area contributed by atoms with Crippen LogP contribution in [-0.2, 0) is 6.42 Å². The van der Waals surface area contributed by atoms with Gasteiger partial charge in [0.1, 0.15) is 17.9 Å². The van der Waals surface area contributed by atoms with Crippen molar-refractivity contribution >= 4 is 22.4 Å². The highest BCUT2D eigenvalue weighted by Gasteiger charge is 2.04. The molecule has 1 heterocycles. The zero-order valence-corrected chi connectivity index (χ0v) is 14.1. The van der Waals surface area contributed by atoms with Crippen LogP contribution in [0.3, 0.4) is 0 Å². The zero-order chi connectivity index (χ0) is 17.5. The summed E-state index contributed by atoms with van der Waals surface area (Å²) in [5.74, 6) is 1.69. The minimum absolute atomic E-state index is 0.661. The smallest absolute Gasteiger partial charge is 0.137 e. The number of nitrogens with one attached hydrogen (secondary N) is 1. The Balaban J connectivity index is 1.58. The molecule has 0 amide bonds. The molecule has 0 fully saturated rings. The standard InChI is InChI=1S/C20H22N4O/c1-2-3-12-25-17-7-4-15(5-8-17)10-11-22-20-18-13-16(21)6-9-19(18)23-14-24-20/h2,4-9,13-14H,1,3,10-12,21H2,(H,22,23,24). The minimum Gasteiger partial charge on any atom is -0.493 e. The van der Waals surface area contributed by atoms with E-state index in [9.17, 15) is 0 Å². The molecule has 0 radical (unpaired) electrons. The number of rotatable bonds is 8. The molecule has 3 rings (SSSR count). The molecule has 1 aromatic heterocycles. The van der Waals surface area contributed by atoms with Crippen molar-refractivity contribution in [3.8, 4) is 5.75 Å². The van der Waals surface area contributed by atoms with Crippen molar-refractivity contribution in [2.75, 3.05) is 24.2 Å². The number of hydrogen-bond donors (Lipinski definition) is 2. The van der Waals surface area contributed by atoms with E-state index in [0.29, 0.717) is 12.3 Å². The number of anilines is 2. The Labute approximate surface area is 147 Å². The number of nitrogens with two attached hydrogens (primary N) is 1. The van der Waals surface area contributed by atoms with Crippen molar-refractivity contribution in [3.63, 3.8) is 0 Å². The lowest BCUT2D eigenvalue weighted by molar-refractivity contribution is 0.325. The molecule has 0 atom stereocenters. The summed E-state index contributed by atoms with van der Waals surface area (Å²) in [6.07, 6.45) is 5.16. The number of benzene rings is 2. The van der Waals surface area contributed by atoms with Gasteiger partial charge in [0, 0.05) is 17.6 Å². The molecule has 5 nitrogen and oxygen atoms in total. The van der Waals surface area contributed by atoms with Crippen LogP contribution in [-0.4, -0.2) is 23.1 Å². The Hall–Kier alpha value is -3.08. The molecule has 128 valence electrons. The molecule has 3 N–H and O–H groups in total. The zero-order valence-electron chi connectivity index (χ0n) is 14.1. The monoisotopic (exact) mass is 334 g/mol. The first-order chi connectivity index (χ1) is 12.3. The first-order valence-electron chi connectivity index (χ1n) is 8.33. The van der Waals surface area contributed by atoms with E-state index in [1.54, 1.807) is 6.33 Å². The van der Waals surface area contributed by atoms with E-state index in [-0.39, 0.29) is 0 Å². The maximum atomic E-state index is 5.87. The van der Waals surface area contributed by atoms with E-state index in [1.165, 1.54) is 5.56 Å². The second-order valence-corrected chi connectivity index (χ2v) is 5.75. The van der Waals surface area contributed by atoms with Crippen LogP contribution in [0.15, 0.2) is 61.4 Å². The van der Waals surface area contributed by atoms with E-state index in [0.717, 1.165) is 41.9 Å². The maximum absolute atomic E-state index is 5.87. The Morgan fingerprint density at radius 1 is 1.12 bits per heavy atom.